The number of fused-ring (bicyclic) bond motifs is 1. The number of hydrogen-bond donors (Lipinski definition) is 1. The lowest BCUT2D eigenvalue weighted by molar-refractivity contribution is -0.122. The molecule has 29 heavy (non-hydrogen) atoms. The zero-order valence-corrected chi connectivity index (χ0v) is 18.7. The SMILES string of the molecule is Cc1c(Cl)cccc1NC(=O)[C@H]1CN(S(C)(=O)=O)c2cc(C(C)(C)C)ccc2O1. The first kappa shape index (κ1) is 21.5. The van der Waals surface area contributed by atoms with E-state index < -0.39 is 22.0 Å². The molecule has 1 atom stereocenters. The number of amides is 1. The number of carbonyl (C=O) groups is 1. The summed E-state index contributed by atoms with van der Waals surface area (Å²) in [6, 6.07) is 10.6. The van der Waals surface area contributed by atoms with Gasteiger partial charge in [-0.2, -0.15) is 0 Å². The highest BCUT2D eigenvalue weighted by Crippen LogP contribution is 2.38. The van der Waals surface area contributed by atoms with Crippen LogP contribution in [0.4, 0.5) is 11.4 Å². The maximum Gasteiger partial charge on any atom is 0.267 e. The molecule has 0 unspecified atom stereocenters. The van der Waals surface area contributed by atoms with Crippen molar-refractivity contribution < 1.29 is 17.9 Å². The zero-order valence-electron chi connectivity index (χ0n) is 17.1. The van der Waals surface area contributed by atoms with E-state index in [0.29, 0.717) is 22.1 Å². The number of benzene rings is 2. The van der Waals surface area contributed by atoms with Crippen LogP contribution in [0.1, 0.15) is 31.9 Å². The van der Waals surface area contributed by atoms with E-state index in [1.807, 2.05) is 32.9 Å². The summed E-state index contributed by atoms with van der Waals surface area (Å²) in [6.45, 7) is 7.84. The molecule has 2 aromatic rings. The van der Waals surface area contributed by atoms with Crippen LogP contribution in [-0.2, 0) is 20.2 Å². The van der Waals surface area contributed by atoms with Gasteiger partial charge < -0.3 is 10.1 Å². The molecule has 0 radical (unpaired) electrons. The Balaban J connectivity index is 1.94. The Labute approximate surface area is 176 Å². The highest BCUT2D eigenvalue weighted by molar-refractivity contribution is 7.92. The van der Waals surface area contributed by atoms with Crippen molar-refractivity contribution in [1.29, 1.82) is 0 Å². The van der Waals surface area contributed by atoms with Gasteiger partial charge in [-0.3, -0.25) is 9.10 Å². The molecule has 0 spiro atoms. The predicted octanol–water partition coefficient (Wildman–Crippen LogP) is 4.11. The van der Waals surface area contributed by atoms with Gasteiger partial charge in [0.15, 0.2) is 6.10 Å². The summed E-state index contributed by atoms with van der Waals surface area (Å²) in [4.78, 5) is 12.8. The molecule has 6 nitrogen and oxygen atoms in total. The number of nitrogens with zero attached hydrogens (tertiary/aromatic N) is 1. The first-order chi connectivity index (χ1) is 13.4. The lowest BCUT2D eigenvalue weighted by Gasteiger charge is -2.35. The molecule has 0 aromatic heterocycles. The van der Waals surface area contributed by atoms with E-state index in [0.717, 1.165) is 17.4 Å². The van der Waals surface area contributed by atoms with Crippen molar-refractivity contribution in [3.63, 3.8) is 0 Å². The van der Waals surface area contributed by atoms with E-state index >= 15 is 0 Å². The Kier molecular flexibility index (Phi) is 5.58. The van der Waals surface area contributed by atoms with Gasteiger partial charge in [0.25, 0.3) is 5.91 Å². The van der Waals surface area contributed by atoms with Gasteiger partial charge in [0.05, 0.1) is 18.5 Å². The van der Waals surface area contributed by atoms with Crippen molar-refractivity contribution in [2.24, 2.45) is 0 Å². The molecule has 0 aliphatic carbocycles. The Hall–Kier alpha value is -2.25. The number of carbonyl (C=O) groups excluding carboxylic acids is 1. The summed E-state index contributed by atoms with van der Waals surface area (Å²) in [7, 11) is -3.60. The third-order valence-corrected chi connectivity index (χ3v) is 6.47. The van der Waals surface area contributed by atoms with Gasteiger partial charge in [-0.05, 0) is 47.7 Å². The summed E-state index contributed by atoms with van der Waals surface area (Å²) in [5.74, 6) is -0.0767. The standard InChI is InChI=1S/C21H25ClN2O4S/c1-13-15(22)7-6-8-16(13)23-20(25)19-12-24(29(5,26)27)17-11-14(21(2,3)4)9-10-18(17)28-19/h6-11,19H,12H2,1-5H3,(H,23,25)/t19-/m1/s1. The summed E-state index contributed by atoms with van der Waals surface area (Å²) in [6.07, 6.45) is 0.137. The Morgan fingerprint density at radius 3 is 2.55 bits per heavy atom. The number of anilines is 2. The molecule has 1 amide bonds. The van der Waals surface area contributed by atoms with Gasteiger partial charge >= 0.3 is 0 Å². The number of hydrogen-bond acceptors (Lipinski definition) is 4. The first-order valence-corrected chi connectivity index (χ1v) is 11.5. The highest BCUT2D eigenvalue weighted by atomic mass is 35.5. The van der Waals surface area contributed by atoms with Gasteiger partial charge in [0, 0.05) is 10.7 Å². The molecular weight excluding hydrogens is 412 g/mol. The van der Waals surface area contributed by atoms with E-state index in [1.165, 1.54) is 4.31 Å². The molecule has 0 saturated heterocycles. The molecule has 3 rings (SSSR count). The van der Waals surface area contributed by atoms with Crippen LogP contribution >= 0.6 is 11.6 Å². The minimum Gasteiger partial charge on any atom is -0.476 e. The Morgan fingerprint density at radius 2 is 1.93 bits per heavy atom. The van der Waals surface area contributed by atoms with Crippen LogP contribution in [0.3, 0.4) is 0 Å². The Bertz CT molecular complexity index is 1060. The van der Waals surface area contributed by atoms with E-state index in [4.69, 9.17) is 16.3 Å². The van der Waals surface area contributed by atoms with Crippen LogP contribution in [0.15, 0.2) is 36.4 Å². The van der Waals surface area contributed by atoms with Gasteiger partial charge in [0.2, 0.25) is 10.0 Å². The molecule has 1 N–H and O–H groups in total. The van der Waals surface area contributed by atoms with Gasteiger partial charge in [-0.25, -0.2) is 8.42 Å². The number of nitrogens with one attached hydrogen (secondary N) is 1. The first-order valence-electron chi connectivity index (χ1n) is 9.23. The molecule has 0 saturated carbocycles. The van der Waals surface area contributed by atoms with Crippen LogP contribution in [0.5, 0.6) is 5.75 Å². The summed E-state index contributed by atoms with van der Waals surface area (Å²) >= 11 is 6.11. The Morgan fingerprint density at radius 1 is 1.24 bits per heavy atom. The number of ether oxygens (including phenoxy) is 1. The third-order valence-electron chi connectivity index (χ3n) is 4.91. The minimum atomic E-state index is -3.60. The monoisotopic (exact) mass is 436 g/mol. The summed E-state index contributed by atoms with van der Waals surface area (Å²) in [5.41, 5.74) is 2.56. The van der Waals surface area contributed by atoms with E-state index in [2.05, 4.69) is 5.32 Å². The normalized spacial score (nSPS) is 16.8. The predicted molar refractivity (Wildman–Crippen MR) is 117 cm³/mol. The maximum absolute atomic E-state index is 12.8. The fourth-order valence-corrected chi connectivity index (χ4v) is 4.21. The lowest BCUT2D eigenvalue weighted by atomic mass is 9.86. The minimum absolute atomic E-state index is 0.106. The number of halogens is 1. The van der Waals surface area contributed by atoms with Crippen molar-refractivity contribution in [2.75, 3.05) is 22.4 Å². The van der Waals surface area contributed by atoms with Crippen molar-refractivity contribution in [2.45, 2.75) is 39.2 Å². The summed E-state index contributed by atoms with van der Waals surface area (Å²) in [5, 5.41) is 3.32. The second kappa shape index (κ2) is 7.54. The fraction of sp³-hybridized carbons (Fsp3) is 0.381. The highest BCUT2D eigenvalue weighted by Gasteiger charge is 2.36. The van der Waals surface area contributed by atoms with Gasteiger partial charge in [-0.1, -0.05) is 44.5 Å². The zero-order chi connectivity index (χ0) is 21.6. The molecule has 2 aromatic carbocycles. The molecule has 0 bridgehead atoms. The van der Waals surface area contributed by atoms with Gasteiger partial charge in [-0.15, -0.1) is 0 Å². The molecule has 1 aliphatic heterocycles. The van der Waals surface area contributed by atoms with Crippen LogP contribution in [0, 0.1) is 6.92 Å². The second-order valence-electron chi connectivity index (χ2n) is 8.23. The van der Waals surface area contributed by atoms with E-state index in [9.17, 15) is 13.2 Å². The molecular formula is C21H25ClN2O4S. The van der Waals surface area contributed by atoms with Crippen molar-refractivity contribution in [3.05, 3.63) is 52.5 Å². The van der Waals surface area contributed by atoms with Crippen molar-refractivity contribution in [3.8, 4) is 5.75 Å². The largest absolute Gasteiger partial charge is 0.476 e. The summed E-state index contributed by atoms with van der Waals surface area (Å²) < 4.78 is 32.0. The van der Waals surface area contributed by atoms with Crippen molar-refractivity contribution >= 4 is 38.9 Å². The van der Waals surface area contributed by atoms with Crippen molar-refractivity contribution in [1.82, 2.24) is 0 Å². The number of sulfonamides is 1. The topological polar surface area (TPSA) is 75.7 Å². The molecule has 0 fully saturated rings. The molecule has 156 valence electrons. The van der Waals surface area contributed by atoms with Gasteiger partial charge in [0.1, 0.15) is 5.75 Å². The average Bonchev–Trinajstić information content (AvgIpc) is 2.62. The maximum atomic E-state index is 12.8. The quantitative estimate of drug-likeness (QED) is 0.785. The van der Waals surface area contributed by atoms with Crippen LogP contribution in [0.2, 0.25) is 5.02 Å². The van der Waals surface area contributed by atoms with Crippen LogP contribution in [0.25, 0.3) is 0 Å². The fourth-order valence-electron chi connectivity index (χ4n) is 3.12. The van der Waals surface area contributed by atoms with E-state index in [1.54, 1.807) is 31.2 Å². The van der Waals surface area contributed by atoms with Crippen LogP contribution < -0.4 is 14.4 Å². The third kappa shape index (κ3) is 4.51. The molecule has 1 heterocycles. The lowest BCUT2D eigenvalue weighted by Crippen LogP contribution is -2.48. The van der Waals surface area contributed by atoms with E-state index in [-0.39, 0.29) is 12.0 Å². The second-order valence-corrected chi connectivity index (χ2v) is 10.5. The number of rotatable bonds is 3. The smallest absolute Gasteiger partial charge is 0.267 e. The molecule has 1 aliphatic rings. The molecule has 8 heteroatoms. The average molecular weight is 437 g/mol. The van der Waals surface area contributed by atoms with Crippen LogP contribution in [-0.4, -0.2) is 33.2 Å².